The minimum Gasteiger partial charge on any atom is -0.485 e. The van der Waals surface area contributed by atoms with Crippen LogP contribution < -0.4 is 10.5 Å². The number of hydrogen-bond acceptors (Lipinski definition) is 4. The molecule has 1 aromatic carbocycles. The normalized spacial score (nSPS) is 10.2. The number of ether oxygens (including phenoxy) is 1. The molecule has 0 aliphatic heterocycles. The molecule has 1 aromatic heterocycles. The van der Waals surface area contributed by atoms with Gasteiger partial charge in [-0.3, -0.25) is 0 Å². The Kier molecular flexibility index (Phi) is 3.78. The van der Waals surface area contributed by atoms with E-state index in [0.717, 1.165) is 15.0 Å². The maximum absolute atomic E-state index is 5.65. The van der Waals surface area contributed by atoms with Crippen LogP contribution in [0.25, 0.3) is 0 Å². The van der Waals surface area contributed by atoms with E-state index in [2.05, 4.69) is 32.6 Å². The second-order valence-corrected chi connectivity index (χ2v) is 4.73. The van der Waals surface area contributed by atoms with E-state index in [1.54, 1.807) is 6.07 Å². The summed E-state index contributed by atoms with van der Waals surface area (Å²) < 4.78 is 6.71. The van der Waals surface area contributed by atoms with Crippen molar-refractivity contribution >= 4 is 28.4 Å². The standard InChI is InChI=1S/C12H12IN3O/c1-8-6-11(14)16-12(15-8)7-17-10-5-3-2-4-9(10)13/h2-6H,7H2,1H3,(H2,14,15,16). The molecule has 0 amide bonds. The fourth-order valence-corrected chi connectivity index (χ4v) is 1.97. The number of nitrogens with two attached hydrogens (primary N) is 1. The number of hydrogen-bond donors (Lipinski definition) is 1. The zero-order valence-electron chi connectivity index (χ0n) is 9.35. The fourth-order valence-electron chi connectivity index (χ4n) is 1.42. The first-order chi connectivity index (χ1) is 8.15. The zero-order valence-corrected chi connectivity index (χ0v) is 11.5. The minimum absolute atomic E-state index is 0.325. The first-order valence-corrected chi connectivity index (χ1v) is 6.20. The van der Waals surface area contributed by atoms with Crippen LogP contribution in [-0.2, 0) is 6.61 Å². The molecule has 17 heavy (non-hydrogen) atoms. The number of para-hydroxylation sites is 1. The van der Waals surface area contributed by atoms with Crippen molar-refractivity contribution < 1.29 is 4.74 Å². The third kappa shape index (κ3) is 3.29. The van der Waals surface area contributed by atoms with Gasteiger partial charge in [0.25, 0.3) is 0 Å². The Labute approximate surface area is 113 Å². The average molecular weight is 341 g/mol. The summed E-state index contributed by atoms with van der Waals surface area (Å²) in [6.07, 6.45) is 0. The molecule has 0 aliphatic carbocycles. The molecule has 0 atom stereocenters. The summed E-state index contributed by atoms with van der Waals surface area (Å²) in [4.78, 5) is 8.38. The molecule has 0 radical (unpaired) electrons. The van der Waals surface area contributed by atoms with Crippen LogP contribution in [0.15, 0.2) is 30.3 Å². The van der Waals surface area contributed by atoms with E-state index in [0.29, 0.717) is 18.2 Å². The van der Waals surface area contributed by atoms with Gasteiger partial charge >= 0.3 is 0 Å². The fraction of sp³-hybridized carbons (Fsp3) is 0.167. The van der Waals surface area contributed by atoms with E-state index in [1.807, 2.05) is 31.2 Å². The van der Waals surface area contributed by atoms with Gasteiger partial charge in [0.15, 0.2) is 5.82 Å². The third-order valence-corrected chi connectivity index (χ3v) is 3.00. The number of nitrogens with zero attached hydrogens (tertiary/aromatic N) is 2. The monoisotopic (exact) mass is 341 g/mol. The largest absolute Gasteiger partial charge is 0.485 e. The van der Waals surface area contributed by atoms with E-state index < -0.39 is 0 Å². The quantitative estimate of drug-likeness (QED) is 0.872. The molecule has 0 saturated heterocycles. The molecular formula is C12H12IN3O. The highest BCUT2D eigenvalue weighted by molar-refractivity contribution is 14.1. The van der Waals surface area contributed by atoms with Gasteiger partial charge in [-0.05, 0) is 41.6 Å². The maximum Gasteiger partial charge on any atom is 0.168 e. The maximum atomic E-state index is 5.65. The van der Waals surface area contributed by atoms with Gasteiger partial charge in [0.05, 0.1) is 3.57 Å². The van der Waals surface area contributed by atoms with Crippen molar-refractivity contribution in [2.75, 3.05) is 5.73 Å². The third-order valence-electron chi connectivity index (χ3n) is 2.11. The van der Waals surface area contributed by atoms with Crippen molar-refractivity contribution in [1.82, 2.24) is 9.97 Å². The number of nitrogen functional groups attached to an aromatic ring is 1. The number of rotatable bonds is 3. The van der Waals surface area contributed by atoms with E-state index in [9.17, 15) is 0 Å². The van der Waals surface area contributed by atoms with Gasteiger partial charge in [-0.2, -0.15) is 0 Å². The number of anilines is 1. The Morgan fingerprint density at radius 2 is 2.06 bits per heavy atom. The van der Waals surface area contributed by atoms with Gasteiger partial charge in [0.1, 0.15) is 18.2 Å². The smallest absolute Gasteiger partial charge is 0.168 e. The summed E-state index contributed by atoms with van der Waals surface area (Å²) in [6.45, 7) is 2.21. The lowest BCUT2D eigenvalue weighted by Crippen LogP contribution is -2.05. The molecule has 0 bridgehead atoms. The predicted molar refractivity (Wildman–Crippen MR) is 74.7 cm³/mol. The van der Waals surface area contributed by atoms with Crippen molar-refractivity contribution in [3.63, 3.8) is 0 Å². The second kappa shape index (κ2) is 5.31. The van der Waals surface area contributed by atoms with Crippen LogP contribution in [0.3, 0.4) is 0 Å². The Bertz CT molecular complexity index is 511. The van der Waals surface area contributed by atoms with Gasteiger partial charge in [-0.25, -0.2) is 9.97 Å². The van der Waals surface area contributed by atoms with Gasteiger partial charge in [-0.1, -0.05) is 12.1 Å². The molecule has 4 nitrogen and oxygen atoms in total. The summed E-state index contributed by atoms with van der Waals surface area (Å²) in [6, 6.07) is 9.54. The summed E-state index contributed by atoms with van der Waals surface area (Å²) in [5.74, 6) is 1.90. The molecule has 88 valence electrons. The van der Waals surface area contributed by atoms with Crippen LogP contribution in [0.2, 0.25) is 0 Å². The molecule has 0 aliphatic rings. The van der Waals surface area contributed by atoms with Crippen LogP contribution in [0.5, 0.6) is 5.75 Å². The van der Waals surface area contributed by atoms with Crippen molar-refractivity contribution in [2.45, 2.75) is 13.5 Å². The lowest BCUT2D eigenvalue weighted by molar-refractivity contribution is 0.293. The first kappa shape index (κ1) is 12.1. The lowest BCUT2D eigenvalue weighted by Gasteiger charge is -2.07. The molecule has 0 spiro atoms. The number of halogens is 1. The summed E-state index contributed by atoms with van der Waals surface area (Å²) in [7, 11) is 0. The number of benzene rings is 1. The van der Waals surface area contributed by atoms with Crippen LogP contribution >= 0.6 is 22.6 Å². The van der Waals surface area contributed by atoms with Crippen LogP contribution in [0.1, 0.15) is 11.5 Å². The average Bonchev–Trinajstić information content (AvgIpc) is 2.27. The molecule has 5 heteroatoms. The van der Waals surface area contributed by atoms with Crippen molar-refractivity contribution in [3.8, 4) is 5.75 Å². The first-order valence-electron chi connectivity index (χ1n) is 5.12. The molecule has 2 N–H and O–H groups in total. The van der Waals surface area contributed by atoms with Crippen molar-refractivity contribution in [1.29, 1.82) is 0 Å². The van der Waals surface area contributed by atoms with Gasteiger partial charge < -0.3 is 10.5 Å². The molecular weight excluding hydrogens is 329 g/mol. The number of aromatic nitrogens is 2. The Balaban J connectivity index is 2.10. The number of aryl methyl sites for hydroxylation is 1. The van der Waals surface area contributed by atoms with Crippen LogP contribution in [0.4, 0.5) is 5.82 Å². The van der Waals surface area contributed by atoms with Gasteiger partial charge in [0.2, 0.25) is 0 Å². The van der Waals surface area contributed by atoms with Gasteiger partial charge in [0, 0.05) is 11.8 Å². The summed E-state index contributed by atoms with van der Waals surface area (Å²) >= 11 is 2.23. The van der Waals surface area contributed by atoms with E-state index >= 15 is 0 Å². The zero-order chi connectivity index (χ0) is 12.3. The molecule has 1 heterocycles. The lowest BCUT2D eigenvalue weighted by atomic mass is 10.3. The predicted octanol–water partition coefficient (Wildman–Crippen LogP) is 2.55. The highest BCUT2D eigenvalue weighted by Crippen LogP contribution is 2.20. The molecule has 2 rings (SSSR count). The summed E-state index contributed by atoms with van der Waals surface area (Å²) in [5, 5.41) is 0. The van der Waals surface area contributed by atoms with E-state index in [1.165, 1.54) is 0 Å². The van der Waals surface area contributed by atoms with Gasteiger partial charge in [-0.15, -0.1) is 0 Å². The Morgan fingerprint density at radius 3 is 2.76 bits per heavy atom. The van der Waals surface area contributed by atoms with Crippen LogP contribution in [-0.4, -0.2) is 9.97 Å². The second-order valence-electron chi connectivity index (χ2n) is 3.57. The summed E-state index contributed by atoms with van der Waals surface area (Å²) in [5.41, 5.74) is 6.50. The van der Waals surface area contributed by atoms with E-state index in [-0.39, 0.29) is 0 Å². The molecule has 0 saturated carbocycles. The molecule has 0 fully saturated rings. The molecule has 2 aromatic rings. The van der Waals surface area contributed by atoms with Crippen molar-refractivity contribution in [3.05, 3.63) is 45.4 Å². The highest BCUT2D eigenvalue weighted by Gasteiger charge is 2.03. The Morgan fingerprint density at radius 1 is 1.29 bits per heavy atom. The highest BCUT2D eigenvalue weighted by atomic mass is 127. The minimum atomic E-state index is 0.325. The molecule has 0 unspecified atom stereocenters. The van der Waals surface area contributed by atoms with Crippen molar-refractivity contribution in [2.24, 2.45) is 0 Å². The SMILES string of the molecule is Cc1cc(N)nc(COc2ccccc2I)n1. The van der Waals surface area contributed by atoms with Crippen LogP contribution in [0, 0.1) is 10.5 Å². The topological polar surface area (TPSA) is 61.0 Å². The van der Waals surface area contributed by atoms with E-state index in [4.69, 9.17) is 10.5 Å². The Hall–Kier alpha value is -1.37.